The van der Waals surface area contributed by atoms with Gasteiger partial charge >= 0.3 is 5.97 Å². The van der Waals surface area contributed by atoms with E-state index in [-0.39, 0.29) is 18.1 Å². The summed E-state index contributed by atoms with van der Waals surface area (Å²) in [6, 6.07) is 3.05. The van der Waals surface area contributed by atoms with Crippen LogP contribution in [0.2, 0.25) is 0 Å². The average molecular weight is 449 g/mol. The van der Waals surface area contributed by atoms with Crippen molar-refractivity contribution in [2.24, 2.45) is 5.73 Å². The second-order valence-electron chi connectivity index (χ2n) is 7.42. The summed E-state index contributed by atoms with van der Waals surface area (Å²) in [7, 11) is 0. The van der Waals surface area contributed by atoms with Crippen molar-refractivity contribution in [2.45, 2.75) is 43.8 Å². The number of carboxylic acids is 1. The number of carbonyl (C=O) groups excluding carboxylic acids is 4. The Labute approximate surface area is 183 Å². The molecule has 174 valence electrons. The highest BCUT2D eigenvalue weighted by atomic mass is 16.4. The number of carbonyl (C=O) groups is 5. The topological polar surface area (TPSA) is 200 Å². The first-order chi connectivity index (χ1) is 15.2. The Morgan fingerprint density at radius 2 is 1.75 bits per heavy atom. The van der Waals surface area contributed by atoms with Crippen LogP contribution in [0.5, 0.6) is 5.75 Å². The molecule has 32 heavy (non-hydrogen) atoms. The van der Waals surface area contributed by atoms with E-state index >= 15 is 0 Å². The van der Waals surface area contributed by atoms with Crippen LogP contribution in [0.15, 0.2) is 24.3 Å². The standard InChI is InChI=1S/C20H27N5O7/c21-16(27)9-15(18(30)23-10-17(28)29)25-20(32)14(8-11-3-5-12(26)6-4-11)24-19(31)13-2-1-7-22-13/h3-6,13-15,22,26H,1-2,7-10H2,(H2,21,27)(H,23,30)(H,24,31)(H,25,32)(H,28,29). The number of aliphatic carboxylic acids is 1. The van der Waals surface area contributed by atoms with Crippen LogP contribution in [-0.2, 0) is 30.4 Å². The molecule has 1 aliphatic heterocycles. The van der Waals surface area contributed by atoms with Crippen LogP contribution < -0.4 is 27.0 Å². The lowest BCUT2D eigenvalue weighted by atomic mass is 10.0. The molecule has 0 bridgehead atoms. The van der Waals surface area contributed by atoms with E-state index in [1.54, 1.807) is 12.1 Å². The highest BCUT2D eigenvalue weighted by Crippen LogP contribution is 2.12. The number of hydrogen-bond donors (Lipinski definition) is 7. The fourth-order valence-corrected chi connectivity index (χ4v) is 3.23. The maximum absolute atomic E-state index is 13.0. The van der Waals surface area contributed by atoms with Crippen molar-refractivity contribution in [3.8, 4) is 5.75 Å². The van der Waals surface area contributed by atoms with Gasteiger partial charge in [0.2, 0.25) is 23.6 Å². The molecule has 0 saturated carbocycles. The van der Waals surface area contributed by atoms with Gasteiger partial charge in [-0.25, -0.2) is 0 Å². The minimum atomic E-state index is -1.41. The molecule has 1 aliphatic rings. The third kappa shape index (κ3) is 7.87. The van der Waals surface area contributed by atoms with Crippen LogP contribution in [-0.4, -0.2) is 71.0 Å². The van der Waals surface area contributed by atoms with Crippen LogP contribution in [0, 0.1) is 0 Å². The number of nitrogens with one attached hydrogen (secondary N) is 4. The molecular formula is C20H27N5O7. The lowest BCUT2D eigenvalue weighted by Gasteiger charge is -2.24. The lowest BCUT2D eigenvalue weighted by Crippen LogP contribution is -2.57. The number of nitrogens with two attached hydrogens (primary N) is 1. The van der Waals surface area contributed by atoms with Gasteiger partial charge in [-0.1, -0.05) is 12.1 Å². The van der Waals surface area contributed by atoms with E-state index < -0.39 is 54.8 Å². The molecule has 8 N–H and O–H groups in total. The van der Waals surface area contributed by atoms with Crippen molar-refractivity contribution in [3.63, 3.8) is 0 Å². The highest BCUT2D eigenvalue weighted by molar-refractivity contribution is 5.95. The molecule has 1 fully saturated rings. The highest BCUT2D eigenvalue weighted by Gasteiger charge is 2.31. The molecule has 0 aliphatic carbocycles. The summed E-state index contributed by atoms with van der Waals surface area (Å²) in [6.45, 7) is -0.0255. The van der Waals surface area contributed by atoms with Crippen LogP contribution in [0.4, 0.5) is 0 Å². The van der Waals surface area contributed by atoms with Crippen molar-refractivity contribution < 1.29 is 34.2 Å². The number of benzene rings is 1. The fourth-order valence-electron chi connectivity index (χ4n) is 3.23. The van der Waals surface area contributed by atoms with E-state index in [0.717, 1.165) is 6.42 Å². The first-order valence-corrected chi connectivity index (χ1v) is 10.1. The molecule has 1 aromatic rings. The monoisotopic (exact) mass is 449 g/mol. The molecule has 12 nitrogen and oxygen atoms in total. The number of carboxylic acid groups (broad SMARTS) is 1. The number of phenolic OH excluding ortho intramolecular Hbond substituents is 1. The molecule has 0 aromatic heterocycles. The summed E-state index contributed by atoms with van der Waals surface area (Å²) >= 11 is 0. The predicted octanol–water partition coefficient (Wildman–Crippen LogP) is -2.27. The van der Waals surface area contributed by atoms with Gasteiger partial charge in [-0.2, -0.15) is 0 Å². The molecule has 3 unspecified atom stereocenters. The molecule has 1 aromatic carbocycles. The summed E-state index contributed by atoms with van der Waals surface area (Å²) in [6.07, 6.45) is 0.921. The van der Waals surface area contributed by atoms with Crippen molar-refractivity contribution in [1.29, 1.82) is 0 Å². The van der Waals surface area contributed by atoms with Gasteiger partial charge in [0.05, 0.1) is 12.5 Å². The summed E-state index contributed by atoms with van der Waals surface area (Å²) in [5.74, 6) is -4.18. The van der Waals surface area contributed by atoms with Gasteiger partial charge in [-0.15, -0.1) is 0 Å². The number of amides is 4. The maximum atomic E-state index is 13.0. The molecule has 1 saturated heterocycles. The van der Waals surface area contributed by atoms with E-state index in [4.69, 9.17) is 10.8 Å². The zero-order valence-corrected chi connectivity index (χ0v) is 17.3. The van der Waals surface area contributed by atoms with Crippen molar-refractivity contribution in [3.05, 3.63) is 29.8 Å². The SMILES string of the molecule is NC(=O)CC(NC(=O)C(Cc1ccc(O)cc1)NC(=O)C1CCCN1)C(=O)NCC(=O)O. The van der Waals surface area contributed by atoms with Crippen LogP contribution in [0.1, 0.15) is 24.8 Å². The van der Waals surface area contributed by atoms with Crippen molar-refractivity contribution in [2.75, 3.05) is 13.1 Å². The predicted molar refractivity (Wildman–Crippen MR) is 111 cm³/mol. The molecule has 12 heteroatoms. The summed E-state index contributed by atoms with van der Waals surface area (Å²) < 4.78 is 0. The number of phenols is 1. The zero-order chi connectivity index (χ0) is 23.7. The van der Waals surface area contributed by atoms with Gasteiger partial charge in [0.1, 0.15) is 24.4 Å². The zero-order valence-electron chi connectivity index (χ0n) is 17.3. The summed E-state index contributed by atoms with van der Waals surface area (Å²) in [5.41, 5.74) is 5.78. The Morgan fingerprint density at radius 1 is 1.06 bits per heavy atom. The molecule has 1 heterocycles. The van der Waals surface area contributed by atoms with E-state index in [1.807, 2.05) is 0 Å². The maximum Gasteiger partial charge on any atom is 0.322 e. The van der Waals surface area contributed by atoms with Gasteiger partial charge < -0.3 is 37.2 Å². The minimum absolute atomic E-state index is 0.0329. The fraction of sp³-hybridized carbons (Fsp3) is 0.450. The van der Waals surface area contributed by atoms with Gasteiger partial charge in [0, 0.05) is 6.42 Å². The number of primary amides is 1. The Kier molecular flexibility index (Phi) is 8.95. The second-order valence-corrected chi connectivity index (χ2v) is 7.42. The molecule has 0 spiro atoms. The third-order valence-electron chi connectivity index (χ3n) is 4.84. The normalized spacial score (nSPS) is 17.1. The molecular weight excluding hydrogens is 422 g/mol. The lowest BCUT2D eigenvalue weighted by molar-refractivity contribution is -0.138. The van der Waals surface area contributed by atoms with Gasteiger partial charge in [-0.3, -0.25) is 24.0 Å². The number of rotatable bonds is 11. The van der Waals surface area contributed by atoms with E-state index in [2.05, 4.69) is 21.3 Å². The molecule has 0 radical (unpaired) electrons. The van der Waals surface area contributed by atoms with Crippen molar-refractivity contribution in [1.82, 2.24) is 21.3 Å². The Hall–Kier alpha value is -3.67. The van der Waals surface area contributed by atoms with Crippen LogP contribution >= 0.6 is 0 Å². The first kappa shape index (κ1) is 24.6. The average Bonchev–Trinajstić information content (AvgIpc) is 3.27. The third-order valence-corrected chi connectivity index (χ3v) is 4.84. The van der Waals surface area contributed by atoms with Crippen LogP contribution in [0.3, 0.4) is 0 Å². The number of hydrogen-bond acceptors (Lipinski definition) is 7. The minimum Gasteiger partial charge on any atom is -0.508 e. The Morgan fingerprint density at radius 3 is 2.31 bits per heavy atom. The van der Waals surface area contributed by atoms with Gasteiger partial charge in [0.15, 0.2) is 0 Å². The summed E-state index contributed by atoms with van der Waals surface area (Å²) in [4.78, 5) is 59.8. The number of aromatic hydroxyl groups is 1. The van der Waals surface area contributed by atoms with Crippen molar-refractivity contribution >= 4 is 29.6 Å². The van der Waals surface area contributed by atoms with Gasteiger partial charge in [0.25, 0.3) is 0 Å². The molecule has 4 amide bonds. The largest absolute Gasteiger partial charge is 0.508 e. The molecule has 2 rings (SSSR count). The van der Waals surface area contributed by atoms with Crippen LogP contribution in [0.25, 0.3) is 0 Å². The van der Waals surface area contributed by atoms with E-state index in [9.17, 15) is 29.1 Å². The second kappa shape index (κ2) is 11.6. The Bertz CT molecular complexity index is 852. The molecule has 3 atom stereocenters. The quantitative estimate of drug-likeness (QED) is 0.196. The van der Waals surface area contributed by atoms with Gasteiger partial charge in [-0.05, 0) is 37.1 Å². The summed E-state index contributed by atoms with van der Waals surface area (Å²) in [5, 5.41) is 28.3. The smallest absolute Gasteiger partial charge is 0.322 e. The van der Waals surface area contributed by atoms with E-state index in [1.165, 1.54) is 12.1 Å². The first-order valence-electron chi connectivity index (χ1n) is 10.1. The van der Waals surface area contributed by atoms with E-state index in [0.29, 0.717) is 18.5 Å². The Balaban J connectivity index is 2.15.